The highest BCUT2D eigenvalue weighted by atomic mass is 79.9. The second-order valence-electron chi connectivity index (χ2n) is 5.49. The van der Waals surface area contributed by atoms with Gasteiger partial charge in [0.05, 0.1) is 10.0 Å². The predicted octanol–water partition coefficient (Wildman–Crippen LogP) is 6.13. The summed E-state index contributed by atoms with van der Waals surface area (Å²) >= 11 is 15.9. The summed E-state index contributed by atoms with van der Waals surface area (Å²) in [4.78, 5) is 0.558. The molecule has 1 aliphatic carbocycles. The van der Waals surface area contributed by atoms with Gasteiger partial charge in [-0.3, -0.25) is 0 Å². The summed E-state index contributed by atoms with van der Waals surface area (Å²) in [6, 6.07) is 5.96. The number of hydrogen-bond acceptors (Lipinski definition) is 0. The van der Waals surface area contributed by atoms with E-state index in [2.05, 4.69) is 28.9 Å². The van der Waals surface area contributed by atoms with Crippen LogP contribution in [0.5, 0.6) is 0 Å². The maximum absolute atomic E-state index is 6.05. The van der Waals surface area contributed by atoms with Gasteiger partial charge in [0.1, 0.15) is 0 Å². The van der Waals surface area contributed by atoms with Gasteiger partial charge in [-0.1, -0.05) is 65.0 Å². The summed E-state index contributed by atoms with van der Waals surface area (Å²) in [7, 11) is 0. The normalized spacial score (nSPS) is 26.0. The highest BCUT2D eigenvalue weighted by molar-refractivity contribution is 9.09. The quantitative estimate of drug-likeness (QED) is 0.576. The third kappa shape index (κ3) is 3.88. The summed E-state index contributed by atoms with van der Waals surface area (Å²) in [5.41, 5.74) is 1.27. The Hall–Kier alpha value is 0.280. The van der Waals surface area contributed by atoms with Crippen LogP contribution in [0.3, 0.4) is 0 Å². The highest BCUT2D eigenvalue weighted by Crippen LogP contribution is 2.35. The largest absolute Gasteiger partial charge is 0.0884 e. The predicted molar refractivity (Wildman–Crippen MR) is 84.0 cm³/mol. The smallest absolute Gasteiger partial charge is 0.0595 e. The van der Waals surface area contributed by atoms with E-state index in [0.717, 1.165) is 18.3 Å². The molecule has 1 aromatic rings. The Labute approximate surface area is 128 Å². The van der Waals surface area contributed by atoms with Crippen LogP contribution in [0.2, 0.25) is 10.0 Å². The maximum Gasteiger partial charge on any atom is 0.0595 e. The highest BCUT2D eigenvalue weighted by Gasteiger charge is 2.24. The summed E-state index contributed by atoms with van der Waals surface area (Å²) in [5, 5.41) is 1.30. The molecule has 0 aliphatic heterocycles. The number of benzene rings is 1. The van der Waals surface area contributed by atoms with Crippen molar-refractivity contribution in [2.75, 3.05) is 0 Å². The topological polar surface area (TPSA) is 0 Å². The number of halogens is 3. The van der Waals surface area contributed by atoms with Gasteiger partial charge in [-0.2, -0.15) is 0 Å². The first-order chi connectivity index (χ1) is 8.56. The number of hydrogen-bond donors (Lipinski definition) is 0. The van der Waals surface area contributed by atoms with Gasteiger partial charge in [0.2, 0.25) is 0 Å². The summed E-state index contributed by atoms with van der Waals surface area (Å²) < 4.78 is 0. The zero-order valence-corrected chi connectivity index (χ0v) is 13.7. The van der Waals surface area contributed by atoms with Crippen LogP contribution in [0.1, 0.15) is 38.2 Å². The molecule has 0 N–H and O–H groups in total. The van der Waals surface area contributed by atoms with Gasteiger partial charge in [-0.25, -0.2) is 0 Å². The Morgan fingerprint density at radius 3 is 2.44 bits per heavy atom. The monoisotopic (exact) mass is 348 g/mol. The van der Waals surface area contributed by atoms with Crippen molar-refractivity contribution in [3.63, 3.8) is 0 Å². The lowest BCUT2D eigenvalue weighted by molar-refractivity contribution is 0.285. The molecule has 0 aromatic heterocycles. The van der Waals surface area contributed by atoms with Crippen molar-refractivity contribution in [1.82, 2.24) is 0 Å². The Morgan fingerprint density at radius 1 is 1.17 bits per heavy atom. The molecule has 1 unspecified atom stereocenters. The van der Waals surface area contributed by atoms with E-state index < -0.39 is 0 Å². The Balaban J connectivity index is 1.94. The first kappa shape index (κ1) is 14.7. The molecule has 0 saturated heterocycles. The molecule has 1 aromatic carbocycles. The molecule has 1 saturated carbocycles. The van der Waals surface area contributed by atoms with Gasteiger partial charge in [-0.05, 0) is 48.8 Å². The molecule has 2 rings (SSSR count). The molecule has 18 heavy (non-hydrogen) atoms. The second kappa shape index (κ2) is 6.63. The lowest BCUT2D eigenvalue weighted by Gasteiger charge is -2.29. The Morgan fingerprint density at radius 2 is 1.83 bits per heavy atom. The van der Waals surface area contributed by atoms with Crippen LogP contribution in [-0.2, 0) is 6.42 Å². The molecule has 3 heteroatoms. The third-order valence-electron chi connectivity index (χ3n) is 3.99. The van der Waals surface area contributed by atoms with E-state index in [1.54, 1.807) is 0 Å². The van der Waals surface area contributed by atoms with Crippen LogP contribution in [0, 0.1) is 11.8 Å². The summed E-state index contributed by atoms with van der Waals surface area (Å²) in [6.45, 7) is 2.36. The minimum absolute atomic E-state index is 0.558. The SMILES string of the molecule is CC1CCC(C(Br)Cc2ccc(Cl)c(Cl)c2)CC1. The fourth-order valence-electron chi connectivity index (χ4n) is 2.71. The van der Waals surface area contributed by atoms with Crippen molar-refractivity contribution in [3.8, 4) is 0 Å². The molecule has 100 valence electrons. The van der Waals surface area contributed by atoms with Crippen molar-refractivity contribution < 1.29 is 0 Å². The molecule has 0 nitrogen and oxygen atoms in total. The van der Waals surface area contributed by atoms with Crippen LogP contribution in [0.4, 0.5) is 0 Å². The van der Waals surface area contributed by atoms with E-state index in [1.165, 1.54) is 31.2 Å². The van der Waals surface area contributed by atoms with E-state index in [1.807, 2.05) is 12.1 Å². The van der Waals surface area contributed by atoms with Crippen LogP contribution in [-0.4, -0.2) is 4.83 Å². The average Bonchev–Trinajstić information content (AvgIpc) is 2.34. The van der Waals surface area contributed by atoms with Crippen molar-refractivity contribution in [2.45, 2.75) is 43.9 Å². The fraction of sp³-hybridized carbons (Fsp3) is 0.600. The minimum atomic E-state index is 0.558. The molecule has 1 aliphatic rings. The van der Waals surface area contributed by atoms with Crippen LogP contribution in [0.15, 0.2) is 18.2 Å². The lowest BCUT2D eigenvalue weighted by atomic mass is 9.80. The third-order valence-corrected chi connectivity index (χ3v) is 5.80. The van der Waals surface area contributed by atoms with E-state index in [9.17, 15) is 0 Å². The number of alkyl halides is 1. The van der Waals surface area contributed by atoms with Crippen LogP contribution >= 0.6 is 39.1 Å². The van der Waals surface area contributed by atoms with Crippen LogP contribution in [0.25, 0.3) is 0 Å². The van der Waals surface area contributed by atoms with Crippen molar-refractivity contribution in [2.24, 2.45) is 11.8 Å². The zero-order chi connectivity index (χ0) is 13.1. The first-order valence-electron chi connectivity index (χ1n) is 6.64. The van der Waals surface area contributed by atoms with Crippen LogP contribution < -0.4 is 0 Å². The molecule has 0 bridgehead atoms. The molecular formula is C15H19BrCl2. The fourth-order valence-corrected chi connectivity index (χ4v) is 3.93. The molecule has 1 fully saturated rings. The van der Waals surface area contributed by atoms with Gasteiger partial charge in [0.25, 0.3) is 0 Å². The second-order valence-corrected chi connectivity index (χ2v) is 7.48. The number of rotatable bonds is 3. The van der Waals surface area contributed by atoms with E-state index in [0.29, 0.717) is 14.9 Å². The molecule has 0 amide bonds. The molecular weight excluding hydrogens is 331 g/mol. The maximum atomic E-state index is 6.05. The Kier molecular flexibility index (Phi) is 5.41. The summed E-state index contributed by atoms with van der Waals surface area (Å²) in [6.07, 6.45) is 6.47. The van der Waals surface area contributed by atoms with Gasteiger partial charge in [0, 0.05) is 4.83 Å². The lowest BCUT2D eigenvalue weighted by Crippen LogP contribution is -2.22. The average molecular weight is 350 g/mol. The zero-order valence-electron chi connectivity index (χ0n) is 10.6. The van der Waals surface area contributed by atoms with E-state index in [-0.39, 0.29) is 0 Å². The molecule has 0 radical (unpaired) electrons. The van der Waals surface area contributed by atoms with Crippen molar-refractivity contribution in [3.05, 3.63) is 33.8 Å². The van der Waals surface area contributed by atoms with Crippen molar-refractivity contribution in [1.29, 1.82) is 0 Å². The van der Waals surface area contributed by atoms with Crippen molar-refractivity contribution >= 4 is 39.1 Å². The van der Waals surface area contributed by atoms with E-state index >= 15 is 0 Å². The van der Waals surface area contributed by atoms with E-state index in [4.69, 9.17) is 23.2 Å². The standard InChI is InChI=1S/C15H19BrCl2/c1-10-2-5-12(6-3-10)13(16)8-11-4-7-14(17)15(18)9-11/h4,7,9-10,12-13H,2-3,5-6,8H2,1H3. The first-order valence-corrected chi connectivity index (χ1v) is 8.31. The molecule has 1 atom stereocenters. The Bertz CT molecular complexity index is 397. The van der Waals surface area contributed by atoms with Gasteiger partial charge < -0.3 is 0 Å². The molecule has 0 spiro atoms. The van der Waals surface area contributed by atoms with Gasteiger partial charge >= 0.3 is 0 Å². The van der Waals surface area contributed by atoms with Gasteiger partial charge in [-0.15, -0.1) is 0 Å². The minimum Gasteiger partial charge on any atom is -0.0884 e. The van der Waals surface area contributed by atoms with Gasteiger partial charge in [0.15, 0.2) is 0 Å². The summed E-state index contributed by atoms with van der Waals surface area (Å²) in [5.74, 6) is 1.71. The molecule has 0 heterocycles.